The Morgan fingerprint density at radius 1 is 1.64 bits per heavy atom. The smallest absolute Gasteiger partial charge is 0.267 e. The third-order valence-corrected chi connectivity index (χ3v) is 2.99. The lowest BCUT2D eigenvalue weighted by molar-refractivity contribution is 0.192. The van der Waals surface area contributed by atoms with Crippen molar-refractivity contribution in [3.05, 3.63) is 0 Å². The van der Waals surface area contributed by atoms with E-state index in [0.29, 0.717) is 6.42 Å². The minimum absolute atomic E-state index is 0.0354. The van der Waals surface area contributed by atoms with E-state index in [1.54, 1.807) is 0 Å². The first-order valence-electron chi connectivity index (χ1n) is 3.32. The summed E-state index contributed by atoms with van der Waals surface area (Å²) >= 11 is 0. The van der Waals surface area contributed by atoms with Gasteiger partial charge in [0.2, 0.25) is 0 Å². The zero-order valence-corrected chi connectivity index (χ0v) is 7.15. The van der Waals surface area contributed by atoms with Gasteiger partial charge in [-0.05, 0) is 13.3 Å². The van der Waals surface area contributed by atoms with Crippen LogP contribution in [0.25, 0.3) is 0 Å². The average molecular weight is 174 g/mol. The van der Waals surface area contributed by atoms with Crippen molar-refractivity contribution >= 4 is 10.1 Å². The summed E-state index contributed by atoms with van der Waals surface area (Å²) in [6, 6.07) is 0. The van der Waals surface area contributed by atoms with Gasteiger partial charge in [0, 0.05) is 0 Å². The summed E-state index contributed by atoms with van der Waals surface area (Å²) in [7, 11) is -3.26. The van der Waals surface area contributed by atoms with Gasteiger partial charge >= 0.3 is 0 Å². The lowest BCUT2D eigenvalue weighted by Gasteiger charge is -2.27. The molecule has 0 saturated carbocycles. The molecule has 62 valence electrons. The molecule has 1 fully saturated rings. The van der Waals surface area contributed by atoms with Crippen LogP contribution in [0.15, 0.2) is 0 Å². The maximum absolute atomic E-state index is 10.8. The maximum Gasteiger partial charge on any atom is 0.267 e. The van der Waals surface area contributed by atoms with Gasteiger partial charge in [-0.25, -0.2) is 0 Å². The summed E-state index contributed by atoms with van der Waals surface area (Å²) in [5.74, 6) is 2.56. The minimum atomic E-state index is -3.26. The SMILES string of the molecule is C#CC1(C)CCS(=O)(=O)OC1. The van der Waals surface area contributed by atoms with Crippen LogP contribution in [0.4, 0.5) is 0 Å². The Kier molecular flexibility index (Phi) is 1.95. The fourth-order valence-corrected chi connectivity index (χ4v) is 2.07. The van der Waals surface area contributed by atoms with E-state index in [1.165, 1.54) is 0 Å². The van der Waals surface area contributed by atoms with Crippen LogP contribution >= 0.6 is 0 Å². The fraction of sp³-hybridized carbons (Fsp3) is 0.714. The van der Waals surface area contributed by atoms with Crippen LogP contribution < -0.4 is 0 Å². The van der Waals surface area contributed by atoms with Gasteiger partial charge in [0.25, 0.3) is 10.1 Å². The normalized spacial score (nSPS) is 36.0. The van der Waals surface area contributed by atoms with Crippen molar-refractivity contribution < 1.29 is 12.6 Å². The van der Waals surface area contributed by atoms with Crippen LogP contribution in [-0.4, -0.2) is 20.8 Å². The minimum Gasteiger partial charge on any atom is -0.269 e. The molecule has 0 N–H and O–H groups in total. The van der Waals surface area contributed by atoms with Gasteiger partial charge in [-0.2, -0.15) is 8.42 Å². The van der Waals surface area contributed by atoms with Crippen molar-refractivity contribution in [2.75, 3.05) is 12.4 Å². The summed E-state index contributed by atoms with van der Waals surface area (Å²) in [5, 5.41) is 0. The molecule has 1 unspecified atom stereocenters. The average Bonchev–Trinajstić information content (AvgIpc) is 1.97. The summed E-state index contributed by atoms with van der Waals surface area (Å²) in [6.45, 7) is 1.94. The van der Waals surface area contributed by atoms with Gasteiger partial charge < -0.3 is 0 Å². The number of terminal acetylenes is 1. The Labute approximate surface area is 66.9 Å². The molecule has 1 aliphatic rings. The molecule has 0 spiro atoms. The second-order valence-electron chi connectivity index (χ2n) is 2.98. The van der Waals surface area contributed by atoms with E-state index >= 15 is 0 Å². The quantitative estimate of drug-likeness (QED) is 0.394. The van der Waals surface area contributed by atoms with Crippen LogP contribution in [0.5, 0.6) is 0 Å². The molecule has 0 amide bonds. The molecule has 1 rings (SSSR count). The summed E-state index contributed by atoms with van der Waals surface area (Å²) in [4.78, 5) is 0. The van der Waals surface area contributed by atoms with Crippen LogP contribution in [-0.2, 0) is 14.3 Å². The van der Waals surface area contributed by atoms with Gasteiger partial charge in [-0.3, -0.25) is 4.18 Å². The summed E-state index contributed by atoms with van der Waals surface area (Å²) in [5.41, 5.74) is -0.397. The Bertz CT molecular complexity index is 269. The van der Waals surface area contributed by atoms with Gasteiger partial charge in [-0.1, -0.05) is 5.92 Å². The second kappa shape index (κ2) is 2.50. The third kappa shape index (κ3) is 1.95. The molecular formula is C7H10O3S. The van der Waals surface area contributed by atoms with Gasteiger partial charge in [0.1, 0.15) is 0 Å². The van der Waals surface area contributed by atoms with Crippen molar-refractivity contribution in [2.45, 2.75) is 13.3 Å². The Balaban J connectivity index is 2.71. The van der Waals surface area contributed by atoms with Crippen LogP contribution in [0, 0.1) is 17.8 Å². The molecular weight excluding hydrogens is 164 g/mol. The van der Waals surface area contributed by atoms with E-state index in [0.717, 1.165) is 0 Å². The molecule has 1 aliphatic heterocycles. The largest absolute Gasteiger partial charge is 0.269 e. The predicted molar refractivity (Wildman–Crippen MR) is 41.3 cm³/mol. The molecule has 0 aromatic carbocycles. The second-order valence-corrected chi connectivity index (χ2v) is 4.74. The zero-order chi connectivity index (χ0) is 8.54. The molecule has 3 nitrogen and oxygen atoms in total. The molecule has 0 aromatic heterocycles. The first-order valence-corrected chi connectivity index (χ1v) is 4.90. The van der Waals surface area contributed by atoms with E-state index in [4.69, 9.17) is 6.42 Å². The van der Waals surface area contributed by atoms with Crippen LogP contribution in [0.1, 0.15) is 13.3 Å². The van der Waals surface area contributed by atoms with Gasteiger partial charge in [0.15, 0.2) is 0 Å². The van der Waals surface area contributed by atoms with E-state index in [9.17, 15) is 8.42 Å². The molecule has 4 heteroatoms. The van der Waals surface area contributed by atoms with Crippen molar-refractivity contribution in [1.82, 2.24) is 0 Å². The molecule has 11 heavy (non-hydrogen) atoms. The van der Waals surface area contributed by atoms with E-state index in [2.05, 4.69) is 10.1 Å². The maximum atomic E-state index is 10.8. The van der Waals surface area contributed by atoms with Crippen LogP contribution in [0.3, 0.4) is 0 Å². The zero-order valence-electron chi connectivity index (χ0n) is 6.33. The molecule has 0 bridgehead atoms. The highest BCUT2D eigenvalue weighted by atomic mass is 32.2. The molecule has 1 saturated heterocycles. The molecule has 0 aromatic rings. The summed E-state index contributed by atoms with van der Waals surface area (Å²) < 4.78 is 26.1. The van der Waals surface area contributed by atoms with E-state index in [1.807, 2.05) is 6.92 Å². The lowest BCUT2D eigenvalue weighted by Crippen LogP contribution is -2.32. The Hall–Kier alpha value is -0.530. The van der Waals surface area contributed by atoms with Crippen LogP contribution in [0.2, 0.25) is 0 Å². The van der Waals surface area contributed by atoms with Crippen molar-refractivity contribution in [3.8, 4) is 12.3 Å². The molecule has 0 aliphatic carbocycles. The first kappa shape index (κ1) is 8.57. The highest BCUT2D eigenvalue weighted by molar-refractivity contribution is 7.86. The highest BCUT2D eigenvalue weighted by Crippen LogP contribution is 2.26. The van der Waals surface area contributed by atoms with Gasteiger partial charge in [0.05, 0.1) is 17.8 Å². The van der Waals surface area contributed by atoms with Gasteiger partial charge in [-0.15, -0.1) is 6.42 Å². The number of hydrogen-bond acceptors (Lipinski definition) is 3. The Morgan fingerprint density at radius 3 is 2.64 bits per heavy atom. The predicted octanol–water partition coefficient (Wildman–Crippen LogP) is 0.376. The van der Waals surface area contributed by atoms with Crippen molar-refractivity contribution in [2.24, 2.45) is 5.41 Å². The lowest BCUT2D eigenvalue weighted by atomic mass is 9.90. The summed E-state index contributed by atoms with van der Waals surface area (Å²) in [6.07, 6.45) is 5.69. The monoisotopic (exact) mass is 174 g/mol. The molecule has 1 heterocycles. The first-order chi connectivity index (χ1) is 4.97. The fourth-order valence-electron chi connectivity index (χ4n) is 0.815. The van der Waals surface area contributed by atoms with Crippen molar-refractivity contribution in [3.63, 3.8) is 0 Å². The Morgan fingerprint density at radius 2 is 2.27 bits per heavy atom. The van der Waals surface area contributed by atoms with Crippen molar-refractivity contribution in [1.29, 1.82) is 0 Å². The van der Waals surface area contributed by atoms with E-state index in [-0.39, 0.29) is 12.4 Å². The third-order valence-electron chi connectivity index (χ3n) is 1.81. The van der Waals surface area contributed by atoms with E-state index < -0.39 is 15.5 Å². The highest BCUT2D eigenvalue weighted by Gasteiger charge is 2.32. The standard InChI is InChI=1S/C7H10O3S/c1-3-7(2)4-5-11(8,9)10-6-7/h1H,4-6H2,2H3. The number of rotatable bonds is 0. The number of hydrogen-bond donors (Lipinski definition) is 0. The topological polar surface area (TPSA) is 43.4 Å². The molecule has 0 radical (unpaired) electrons. The molecule has 1 atom stereocenters.